The molecule has 1 unspecified atom stereocenters. The standard InChI is InChI=1S/C31H34N4O5/c1-20-25(35(30(38)39)31(2,3)4)17-16-23-26(20)28(37)40-29(32-23)33-24(18-21-12-8-6-9-13-21)27(36)34(5)19-22-14-10-7-11-15-22/h6-17,24H,18-19H2,1-5H3,(H,32,33)(H,38,39). The molecule has 0 radical (unpaired) electrons. The highest BCUT2D eigenvalue weighted by molar-refractivity contribution is 5.95. The highest BCUT2D eigenvalue weighted by Gasteiger charge is 2.30. The predicted octanol–water partition coefficient (Wildman–Crippen LogP) is 5.46. The Kier molecular flexibility index (Phi) is 8.23. The van der Waals surface area contributed by atoms with Gasteiger partial charge in [0.1, 0.15) is 6.04 Å². The fourth-order valence-corrected chi connectivity index (χ4v) is 4.76. The molecule has 0 fully saturated rings. The number of aryl methyl sites for hydroxylation is 1. The molecule has 4 rings (SSSR count). The van der Waals surface area contributed by atoms with Crippen molar-refractivity contribution in [2.24, 2.45) is 0 Å². The summed E-state index contributed by atoms with van der Waals surface area (Å²) in [4.78, 5) is 46.2. The molecule has 0 bridgehead atoms. The Bertz CT molecular complexity index is 1560. The molecule has 1 atom stereocenters. The maximum Gasteiger partial charge on any atom is 0.412 e. The zero-order chi connectivity index (χ0) is 29.0. The summed E-state index contributed by atoms with van der Waals surface area (Å²) in [6.45, 7) is 7.41. The van der Waals surface area contributed by atoms with Gasteiger partial charge in [0.2, 0.25) is 5.91 Å². The molecule has 0 aliphatic heterocycles. The van der Waals surface area contributed by atoms with Gasteiger partial charge in [-0.3, -0.25) is 9.69 Å². The van der Waals surface area contributed by atoms with Gasteiger partial charge in [-0.05, 0) is 56.5 Å². The molecular weight excluding hydrogens is 508 g/mol. The number of hydrogen-bond donors (Lipinski definition) is 2. The number of amides is 2. The average Bonchev–Trinajstić information content (AvgIpc) is 2.89. The number of aromatic nitrogens is 1. The first-order valence-electron chi connectivity index (χ1n) is 13.0. The van der Waals surface area contributed by atoms with E-state index in [-0.39, 0.29) is 17.3 Å². The van der Waals surface area contributed by atoms with Crippen LogP contribution >= 0.6 is 0 Å². The Morgan fingerprint density at radius 1 is 0.975 bits per heavy atom. The molecule has 4 aromatic rings. The van der Waals surface area contributed by atoms with Crippen molar-refractivity contribution in [3.63, 3.8) is 0 Å². The third-order valence-corrected chi connectivity index (χ3v) is 6.65. The summed E-state index contributed by atoms with van der Waals surface area (Å²) in [6.07, 6.45) is -0.785. The highest BCUT2D eigenvalue weighted by Crippen LogP contribution is 2.31. The molecule has 0 spiro atoms. The Hall–Kier alpha value is -4.66. The van der Waals surface area contributed by atoms with Crippen molar-refractivity contribution in [1.82, 2.24) is 9.88 Å². The van der Waals surface area contributed by atoms with Crippen molar-refractivity contribution in [2.45, 2.75) is 52.2 Å². The Morgan fingerprint density at radius 3 is 2.15 bits per heavy atom. The minimum atomic E-state index is -1.13. The van der Waals surface area contributed by atoms with E-state index in [4.69, 9.17) is 4.42 Å². The van der Waals surface area contributed by atoms with Crippen LogP contribution in [0.5, 0.6) is 0 Å². The van der Waals surface area contributed by atoms with Gasteiger partial charge in [-0.1, -0.05) is 60.7 Å². The van der Waals surface area contributed by atoms with Crippen molar-refractivity contribution in [1.29, 1.82) is 0 Å². The second kappa shape index (κ2) is 11.6. The highest BCUT2D eigenvalue weighted by atomic mass is 16.4. The van der Waals surface area contributed by atoms with Crippen molar-refractivity contribution in [3.05, 3.63) is 99.9 Å². The van der Waals surface area contributed by atoms with Crippen LogP contribution in [0.3, 0.4) is 0 Å². The lowest BCUT2D eigenvalue weighted by atomic mass is 10.0. The molecule has 0 aliphatic rings. The van der Waals surface area contributed by atoms with E-state index in [0.717, 1.165) is 11.1 Å². The minimum absolute atomic E-state index is 0.0852. The van der Waals surface area contributed by atoms with Crippen molar-refractivity contribution in [2.75, 3.05) is 17.3 Å². The molecule has 0 saturated heterocycles. The van der Waals surface area contributed by atoms with Crippen LogP contribution in [-0.2, 0) is 17.8 Å². The average molecular weight is 543 g/mol. The van der Waals surface area contributed by atoms with Gasteiger partial charge >= 0.3 is 11.7 Å². The monoisotopic (exact) mass is 542 g/mol. The maximum absolute atomic E-state index is 13.6. The Balaban J connectivity index is 1.68. The molecule has 0 saturated carbocycles. The van der Waals surface area contributed by atoms with Crippen LogP contribution in [0.4, 0.5) is 16.5 Å². The molecule has 1 heterocycles. The number of anilines is 2. The van der Waals surface area contributed by atoms with Crippen LogP contribution in [0, 0.1) is 6.92 Å². The first-order valence-corrected chi connectivity index (χ1v) is 13.0. The van der Waals surface area contributed by atoms with Crippen LogP contribution < -0.4 is 15.8 Å². The largest absolute Gasteiger partial charge is 0.465 e. The lowest BCUT2D eigenvalue weighted by molar-refractivity contribution is -0.131. The number of likely N-dealkylation sites (N-methyl/N-ethyl adjacent to an activating group) is 1. The summed E-state index contributed by atoms with van der Waals surface area (Å²) in [5, 5.41) is 13.1. The fraction of sp³-hybridized carbons (Fsp3) is 0.290. The molecular formula is C31H34N4O5. The third-order valence-electron chi connectivity index (χ3n) is 6.65. The summed E-state index contributed by atoms with van der Waals surface area (Å²) in [7, 11) is 1.73. The van der Waals surface area contributed by atoms with Gasteiger partial charge in [-0.15, -0.1) is 0 Å². The molecule has 208 valence electrons. The molecule has 2 N–H and O–H groups in total. The van der Waals surface area contributed by atoms with Gasteiger partial charge in [-0.2, -0.15) is 4.98 Å². The van der Waals surface area contributed by atoms with Crippen molar-refractivity contribution in [3.8, 4) is 0 Å². The van der Waals surface area contributed by atoms with Crippen LogP contribution in [0.15, 0.2) is 82.0 Å². The van der Waals surface area contributed by atoms with Gasteiger partial charge in [0, 0.05) is 25.6 Å². The molecule has 9 heteroatoms. The quantitative estimate of drug-likeness (QED) is 0.304. The van der Waals surface area contributed by atoms with Crippen LogP contribution in [0.25, 0.3) is 10.9 Å². The SMILES string of the molecule is Cc1c(N(C(=O)O)C(C)(C)C)ccc2nc(NC(Cc3ccccc3)C(=O)N(C)Cc3ccccc3)oc(=O)c12. The van der Waals surface area contributed by atoms with Gasteiger partial charge in [0.05, 0.1) is 16.6 Å². The smallest absolute Gasteiger partial charge is 0.412 e. The zero-order valence-electron chi connectivity index (χ0n) is 23.3. The van der Waals surface area contributed by atoms with E-state index in [1.54, 1.807) is 51.8 Å². The van der Waals surface area contributed by atoms with Crippen molar-refractivity contribution < 1.29 is 19.1 Å². The van der Waals surface area contributed by atoms with E-state index in [1.807, 2.05) is 60.7 Å². The molecule has 1 aromatic heterocycles. The number of carbonyl (C=O) groups excluding carboxylic acids is 1. The number of carboxylic acid groups (broad SMARTS) is 1. The minimum Gasteiger partial charge on any atom is -0.465 e. The van der Waals surface area contributed by atoms with Gasteiger partial charge in [-0.25, -0.2) is 9.59 Å². The number of hydrogen-bond acceptors (Lipinski definition) is 6. The predicted molar refractivity (Wildman–Crippen MR) is 156 cm³/mol. The van der Waals surface area contributed by atoms with E-state index in [2.05, 4.69) is 10.3 Å². The van der Waals surface area contributed by atoms with E-state index < -0.39 is 23.3 Å². The van der Waals surface area contributed by atoms with Crippen LogP contribution in [0.1, 0.15) is 37.5 Å². The Morgan fingerprint density at radius 2 is 1.57 bits per heavy atom. The molecule has 2 amide bonds. The van der Waals surface area contributed by atoms with Gasteiger partial charge < -0.3 is 19.7 Å². The summed E-state index contributed by atoms with van der Waals surface area (Å²) in [6, 6.07) is 21.6. The second-order valence-corrected chi connectivity index (χ2v) is 10.8. The topological polar surface area (TPSA) is 116 Å². The summed E-state index contributed by atoms with van der Waals surface area (Å²) >= 11 is 0. The van der Waals surface area contributed by atoms with Gasteiger partial charge in [0.15, 0.2) is 0 Å². The van der Waals surface area contributed by atoms with E-state index in [9.17, 15) is 19.5 Å². The maximum atomic E-state index is 13.6. The molecule has 0 aliphatic carbocycles. The Labute approximate surface area is 233 Å². The van der Waals surface area contributed by atoms with Crippen LogP contribution in [-0.4, -0.2) is 45.6 Å². The summed E-state index contributed by atoms with van der Waals surface area (Å²) in [5.41, 5.74) is 1.67. The van der Waals surface area contributed by atoms with E-state index in [0.29, 0.717) is 29.7 Å². The first-order chi connectivity index (χ1) is 19.0. The summed E-state index contributed by atoms with van der Waals surface area (Å²) < 4.78 is 5.55. The number of carbonyl (C=O) groups is 2. The fourth-order valence-electron chi connectivity index (χ4n) is 4.76. The van der Waals surface area contributed by atoms with Gasteiger partial charge in [0.25, 0.3) is 6.01 Å². The third kappa shape index (κ3) is 6.31. The van der Waals surface area contributed by atoms with Crippen LogP contribution in [0.2, 0.25) is 0 Å². The number of nitrogens with zero attached hydrogens (tertiary/aromatic N) is 3. The van der Waals surface area contributed by atoms with Crippen molar-refractivity contribution >= 4 is 34.6 Å². The second-order valence-electron chi connectivity index (χ2n) is 10.8. The lowest BCUT2D eigenvalue weighted by Crippen LogP contribution is -2.45. The summed E-state index contributed by atoms with van der Waals surface area (Å²) in [5.74, 6) is -0.189. The first kappa shape index (κ1) is 28.4. The van der Waals surface area contributed by atoms with E-state index >= 15 is 0 Å². The lowest BCUT2D eigenvalue weighted by Gasteiger charge is -2.34. The number of benzene rings is 3. The molecule has 9 nitrogen and oxygen atoms in total. The zero-order valence-corrected chi connectivity index (χ0v) is 23.3. The number of fused-ring (bicyclic) bond motifs is 1. The normalized spacial score (nSPS) is 12.1. The number of nitrogens with one attached hydrogen (secondary N) is 1. The molecule has 3 aromatic carbocycles. The number of rotatable bonds is 8. The van der Waals surface area contributed by atoms with E-state index in [1.165, 1.54) is 4.90 Å². The molecule has 40 heavy (non-hydrogen) atoms.